The van der Waals surface area contributed by atoms with Crippen LogP contribution in [0.1, 0.15) is 19.8 Å². The van der Waals surface area contributed by atoms with E-state index in [1.54, 1.807) is 0 Å². The zero-order valence-corrected chi connectivity index (χ0v) is 11.4. The molecular weight excluding hydrogens is 250 g/mol. The summed E-state index contributed by atoms with van der Waals surface area (Å²) in [5, 5.41) is 14.4. The standard InChI is InChI=1S/C12H23N3O4/c1-2-15(10-3-5-13-6-4-10)12(18)14-7-8-19-9-11(16)17/h10,13H,2-9H2,1H3,(H,14,18)(H,16,17). The predicted molar refractivity (Wildman–Crippen MR) is 70.1 cm³/mol. The van der Waals surface area contributed by atoms with Gasteiger partial charge in [0, 0.05) is 19.1 Å². The van der Waals surface area contributed by atoms with Gasteiger partial charge in [-0.1, -0.05) is 0 Å². The number of carboxylic acids is 1. The molecule has 19 heavy (non-hydrogen) atoms. The van der Waals surface area contributed by atoms with Crippen LogP contribution in [0.15, 0.2) is 0 Å². The number of nitrogens with one attached hydrogen (secondary N) is 2. The van der Waals surface area contributed by atoms with Crippen LogP contribution in [0.2, 0.25) is 0 Å². The number of carboxylic acid groups (broad SMARTS) is 1. The molecule has 7 nitrogen and oxygen atoms in total. The lowest BCUT2D eigenvalue weighted by Crippen LogP contribution is -2.50. The second-order valence-corrected chi connectivity index (χ2v) is 4.45. The van der Waals surface area contributed by atoms with Crippen molar-refractivity contribution in [3.8, 4) is 0 Å². The number of urea groups is 1. The number of ether oxygens (including phenoxy) is 1. The number of hydrogen-bond donors (Lipinski definition) is 3. The van der Waals surface area contributed by atoms with E-state index in [4.69, 9.17) is 9.84 Å². The molecule has 0 atom stereocenters. The lowest BCUT2D eigenvalue weighted by Gasteiger charge is -2.33. The summed E-state index contributed by atoms with van der Waals surface area (Å²) in [6.07, 6.45) is 1.94. The Labute approximate surface area is 113 Å². The third kappa shape index (κ3) is 5.89. The van der Waals surface area contributed by atoms with Gasteiger partial charge in [0.05, 0.1) is 6.61 Å². The van der Waals surface area contributed by atoms with Crippen LogP contribution in [0.5, 0.6) is 0 Å². The van der Waals surface area contributed by atoms with Gasteiger partial charge < -0.3 is 25.4 Å². The maximum Gasteiger partial charge on any atom is 0.329 e. The molecule has 1 fully saturated rings. The molecule has 0 radical (unpaired) electrons. The predicted octanol–water partition coefficient (Wildman–Crippen LogP) is -0.129. The number of rotatable bonds is 7. The van der Waals surface area contributed by atoms with Gasteiger partial charge in [0.25, 0.3) is 0 Å². The van der Waals surface area contributed by atoms with Gasteiger partial charge in [0.15, 0.2) is 0 Å². The van der Waals surface area contributed by atoms with Gasteiger partial charge in [-0.25, -0.2) is 9.59 Å². The van der Waals surface area contributed by atoms with E-state index < -0.39 is 5.97 Å². The van der Waals surface area contributed by atoms with E-state index in [0.29, 0.717) is 13.1 Å². The first-order valence-corrected chi connectivity index (χ1v) is 6.70. The molecule has 1 rings (SSSR count). The zero-order chi connectivity index (χ0) is 14.1. The summed E-state index contributed by atoms with van der Waals surface area (Å²) in [5.41, 5.74) is 0. The molecule has 0 spiro atoms. The van der Waals surface area contributed by atoms with Gasteiger partial charge in [0.1, 0.15) is 6.61 Å². The molecule has 0 bridgehead atoms. The minimum absolute atomic E-state index is 0.103. The average molecular weight is 273 g/mol. The second kappa shape index (κ2) is 8.71. The number of carbonyl (C=O) groups is 2. The van der Waals surface area contributed by atoms with Crippen LogP contribution in [0.4, 0.5) is 4.79 Å². The Morgan fingerprint density at radius 3 is 2.68 bits per heavy atom. The molecule has 2 amide bonds. The first-order valence-electron chi connectivity index (χ1n) is 6.70. The highest BCUT2D eigenvalue weighted by Gasteiger charge is 2.23. The summed E-state index contributed by atoms with van der Waals surface area (Å²) in [4.78, 5) is 24.1. The van der Waals surface area contributed by atoms with E-state index in [-0.39, 0.29) is 25.3 Å². The summed E-state index contributed by atoms with van der Waals surface area (Å²) in [5.74, 6) is -1.00. The van der Waals surface area contributed by atoms with Crippen LogP contribution < -0.4 is 10.6 Å². The fraction of sp³-hybridized carbons (Fsp3) is 0.833. The van der Waals surface area contributed by atoms with Crippen molar-refractivity contribution in [1.82, 2.24) is 15.5 Å². The van der Waals surface area contributed by atoms with Crippen molar-refractivity contribution in [3.05, 3.63) is 0 Å². The minimum Gasteiger partial charge on any atom is -0.480 e. The first-order chi connectivity index (χ1) is 9.15. The van der Waals surface area contributed by atoms with Crippen molar-refractivity contribution in [2.45, 2.75) is 25.8 Å². The molecule has 1 heterocycles. The monoisotopic (exact) mass is 273 g/mol. The summed E-state index contributed by atoms with van der Waals surface area (Å²) >= 11 is 0. The third-order valence-electron chi connectivity index (χ3n) is 3.10. The van der Waals surface area contributed by atoms with E-state index in [1.165, 1.54) is 0 Å². The summed E-state index contributed by atoms with van der Waals surface area (Å²) in [7, 11) is 0. The van der Waals surface area contributed by atoms with Gasteiger partial charge in [-0.15, -0.1) is 0 Å². The van der Waals surface area contributed by atoms with Crippen LogP contribution >= 0.6 is 0 Å². The van der Waals surface area contributed by atoms with E-state index >= 15 is 0 Å². The minimum atomic E-state index is -1.00. The van der Waals surface area contributed by atoms with Gasteiger partial charge in [0.2, 0.25) is 0 Å². The molecule has 0 aromatic heterocycles. The highest BCUT2D eigenvalue weighted by molar-refractivity contribution is 5.74. The molecule has 3 N–H and O–H groups in total. The number of carbonyl (C=O) groups excluding carboxylic acids is 1. The molecule has 0 aromatic carbocycles. The molecule has 1 aliphatic rings. The Morgan fingerprint density at radius 1 is 1.42 bits per heavy atom. The van der Waals surface area contributed by atoms with Crippen LogP contribution in [0.3, 0.4) is 0 Å². The van der Waals surface area contributed by atoms with Crippen molar-refractivity contribution < 1.29 is 19.4 Å². The fourth-order valence-electron chi connectivity index (χ4n) is 2.18. The molecule has 0 aromatic rings. The number of amides is 2. The zero-order valence-electron chi connectivity index (χ0n) is 11.4. The van der Waals surface area contributed by atoms with Crippen LogP contribution in [-0.2, 0) is 9.53 Å². The maximum atomic E-state index is 12.0. The Kier molecular flexibility index (Phi) is 7.20. The molecule has 1 aliphatic heterocycles. The molecule has 7 heteroatoms. The van der Waals surface area contributed by atoms with Gasteiger partial charge in [-0.05, 0) is 32.9 Å². The van der Waals surface area contributed by atoms with Crippen molar-refractivity contribution in [1.29, 1.82) is 0 Å². The van der Waals surface area contributed by atoms with Gasteiger partial charge in [-0.3, -0.25) is 0 Å². The second-order valence-electron chi connectivity index (χ2n) is 4.45. The van der Waals surface area contributed by atoms with Crippen LogP contribution in [-0.4, -0.2) is 67.4 Å². The highest BCUT2D eigenvalue weighted by atomic mass is 16.5. The van der Waals surface area contributed by atoms with Gasteiger partial charge >= 0.3 is 12.0 Å². The smallest absolute Gasteiger partial charge is 0.329 e. The van der Waals surface area contributed by atoms with E-state index in [0.717, 1.165) is 25.9 Å². The topological polar surface area (TPSA) is 90.9 Å². The molecule has 110 valence electrons. The third-order valence-corrected chi connectivity index (χ3v) is 3.10. The molecule has 0 saturated carbocycles. The maximum absolute atomic E-state index is 12.0. The van der Waals surface area contributed by atoms with Crippen LogP contribution in [0, 0.1) is 0 Å². The van der Waals surface area contributed by atoms with Crippen molar-refractivity contribution in [3.63, 3.8) is 0 Å². The lowest BCUT2D eigenvalue weighted by molar-refractivity contribution is -0.142. The quantitative estimate of drug-likeness (QED) is 0.562. The molecular formula is C12H23N3O4. The van der Waals surface area contributed by atoms with Crippen molar-refractivity contribution in [2.24, 2.45) is 0 Å². The number of nitrogens with zero attached hydrogens (tertiary/aromatic N) is 1. The van der Waals surface area contributed by atoms with E-state index in [9.17, 15) is 9.59 Å². The van der Waals surface area contributed by atoms with E-state index in [2.05, 4.69) is 10.6 Å². The SMILES string of the molecule is CCN(C(=O)NCCOCC(=O)O)C1CCNCC1. The highest BCUT2D eigenvalue weighted by Crippen LogP contribution is 2.11. The summed E-state index contributed by atoms with van der Waals surface area (Å²) in [6, 6.07) is 0.180. The molecule has 0 aliphatic carbocycles. The Morgan fingerprint density at radius 2 is 2.11 bits per heavy atom. The summed E-state index contributed by atoms with van der Waals surface area (Å²) < 4.78 is 4.86. The lowest BCUT2D eigenvalue weighted by atomic mass is 10.1. The average Bonchev–Trinajstić information content (AvgIpc) is 2.40. The molecule has 1 saturated heterocycles. The Balaban J connectivity index is 2.23. The Hall–Kier alpha value is -1.34. The Bertz CT molecular complexity index is 293. The fourth-order valence-corrected chi connectivity index (χ4v) is 2.18. The first kappa shape index (κ1) is 15.7. The van der Waals surface area contributed by atoms with Crippen LogP contribution in [0.25, 0.3) is 0 Å². The molecule has 0 unspecified atom stereocenters. The number of aliphatic carboxylic acids is 1. The normalized spacial score (nSPS) is 16.1. The number of hydrogen-bond acceptors (Lipinski definition) is 4. The summed E-state index contributed by atoms with van der Waals surface area (Å²) in [6.45, 7) is 4.72. The van der Waals surface area contributed by atoms with Crippen molar-refractivity contribution >= 4 is 12.0 Å². The largest absolute Gasteiger partial charge is 0.480 e. The van der Waals surface area contributed by atoms with Gasteiger partial charge in [-0.2, -0.15) is 0 Å². The number of piperidine rings is 1. The van der Waals surface area contributed by atoms with Crippen molar-refractivity contribution in [2.75, 3.05) is 39.4 Å². The van der Waals surface area contributed by atoms with E-state index in [1.807, 2.05) is 11.8 Å².